The summed E-state index contributed by atoms with van der Waals surface area (Å²) in [7, 11) is 1.77. The van der Waals surface area contributed by atoms with E-state index < -0.39 is 46.9 Å². The first-order valence-corrected chi connectivity index (χ1v) is 31.9. The van der Waals surface area contributed by atoms with Crippen LogP contribution in [0.2, 0.25) is 25.1 Å². The van der Waals surface area contributed by atoms with Gasteiger partial charge in [0.2, 0.25) is 23.3 Å². The van der Waals surface area contributed by atoms with Crippen molar-refractivity contribution in [2.75, 3.05) is 21.3 Å². The number of amides is 4. The highest BCUT2D eigenvalue weighted by Gasteiger charge is 2.22. The second-order valence-corrected chi connectivity index (χ2v) is 23.8. The third-order valence-electron chi connectivity index (χ3n) is 14.1. The van der Waals surface area contributed by atoms with Crippen LogP contribution in [0.4, 0.5) is 46.0 Å². The molecule has 0 spiro atoms. The molecule has 0 radical (unpaired) electrons. The van der Waals surface area contributed by atoms with Crippen molar-refractivity contribution < 1.29 is 36.7 Å². The van der Waals surface area contributed by atoms with Crippen molar-refractivity contribution in [2.45, 2.75) is 33.1 Å². The zero-order valence-corrected chi connectivity index (χ0v) is 57.0. The van der Waals surface area contributed by atoms with Gasteiger partial charge in [0.05, 0.1) is 86.8 Å². The molecule has 5 heterocycles. The second-order valence-electron chi connectivity index (χ2n) is 21.8. The summed E-state index contributed by atoms with van der Waals surface area (Å²) in [6.45, 7) is 10.6. The Balaban J connectivity index is 0.000000147. The van der Waals surface area contributed by atoms with Gasteiger partial charge in [-0.2, -0.15) is 5.10 Å². The van der Waals surface area contributed by atoms with Crippen LogP contribution in [0, 0.1) is 36.8 Å². The highest BCUT2D eigenvalue weighted by Crippen LogP contribution is 2.33. The normalized spacial score (nSPS) is 10.6. The summed E-state index contributed by atoms with van der Waals surface area (Å²) in [4.78, 5) is 68.1. The molecule has 0 saturated heterocycles. The van der Waals surface area contributed by atoms with Crippen molar-refractivity contribution >= 4 is 110 Å². The lowest BCUT2D eigenvalue weighted by Crippen LogP contribution is -2.15. The van der Waals surface area contributed by atoms with E-state index in [-0.39, 0.29) is 76.8 Å². The number of carbonyl (C=O) groups excluding carboxylic acids is 4. The van der Waals surface area contributed by atoms with Crippen LogP contribution in [0.1, 0.15) is 70.3 Å². The van der Waals surface area contributed by atoms with Crippen LogP contribution in [0.15, 0.2) is 208 Å². The Labute approximate surface area is 603 Å². The zero-order chi connectivity index (χ0) is 72.4. The van der Waals surface area contributed by atoms with Gasteiger partial charge in [0.15, 0.2) is 29.0 Å². The third kappa shape index (κ3) is 19.7. The molecule has 4 N–H and O–H groups in total. The summed E-state index contributed by atoms with van der Waals surface area (Å²) < 4.78 is 64.1. The third-order valence-corrected chi connectivity index (χ3v) is 15.7. The van der Waals surface area contributed by atoms with E-state index in [0.717, 1.165) is 33.4 Å². The van der Waals surface area contributed by atoms with Gasteiger partial charge in [0, 0.05) is 18.8 Å². The number of aromatic nitrogens is 14. The lowest BCUT2D eigenvalue weighted by molar-refractivity contribution is 0.100. The molecule has 0 bridgehead atoms. The summed E-state index contributed by atoms with van der Waals surface area (Å²) in [5.74, 6) is -5.87. The van der Waals surface area contributed by atoms with E-state index in [0.29, 0.717) is 31.7 Å². The van der Waals surface area contributed by atoms with Gasteiger partial charge in [-0.15, -0.1) is 20.4 Å². The molecule has 13 aromatic rings. The van der Waals surface area contributed by atoms with Crippen molar-refractivity contribution in [3.63, 3.8) is 0 Å². The van der Waals surface area contributed by atoms with E-state index in [1.54, 1.807) is 40.4 Å². The monoisotopic (exact) mass is 1470 g/mol. The molecule has 32 heteroatoms. The van der Waals surface area contributed by atoms with Crippen molar-refractivity contribution in [2.24, 2.45) is 7.05 Å². The molecule has 0 aliphatic heterocycles. The van der Waals surface area contributed by atoms with Gasteiger partial charge in [-0.3, -0.25) is 23.9 Å². The highest BCUT2D eigenvalue weighted by atomic mass is 35.5. The minimum Gasteiger partial charge on any atom is -0.318 e. The molecule has 0 atom stereocenters. The van der Waals surface area contributed by atoms with E-state index in [1.807, 2.05) is 121 Å². The van der Waals surface area contributed by atoms with Crippen LogP contribution in [0.5, 0.6) is 0 Å². The topological polar surface area (TPSA) is 261 Å². The van der Waals surface area contributed by atoms with Crippen LogP contribution in [0.25, 0.3) is 16.0 Å². The number of nitrogens with zero attached hydrogens (tertiary/aromatic N) is 15. The molecule has 0 saturated carbocycles. The molecule has 514 valence electrons. The number of hydrogen-bond acceptors (Lipinski definition) is 13. The first-order chi connectivity index (χ1) is 49.1. The van der Waals surface area contributed by atoms with Gasteiger partial charge in [0.25, 0.3) is 23.6 Å². The maximum atomic E-state index is 14.5. The van der Waals surface area contributed by atoms with Crippen LogP contribution in [-0.2, 0) is 33.2 Å². The maximum absolute atomic E-state index is 14.5. The Bertz CT molecular complexity index is 5170. The van der Waals surface area contributed by atoms with Gasteiger partial charge in [0.1, 0.15) is 25.3 Å². The van der Waals surface area contributed by atoms with Crippen molar-refractivity contribution in [1.29, 1.82) is 0 Å². The van der Waals surface area contributed by atoms with E-state index >= 15 is 0 Å². The van der Waals surface area contributed by atoms with Crippen molar-refractivity contribution in [3.05, 3.63) is 318 Å². The number of hydrogen-bond donors (Lipinski definition) is 4. The lowest BCUT2D eigenvalue weighted by Gasteiger charge is -2.08. The summed E-state index contributed by atoms with van der Waals surface area (Å²) in [6, 6.07) is 49.5. The Morgan fingerprint density at radius 2 is 0.775 bits per heavy atom. The molecular weight excluding hydrogens is 1420 g/mol. The van der Waals surface area contributed by atoms with Crippen LogP contribution >= 0.6 is 58.0 Å². The van der Waals surface area contributed by atoms with E-state index in [9.17, 15) is 36.7 Å². The average Bonchev–Trinajstić information content (AvgIpc) is 1.41. The first-order valence-electron chi connectivity index (χ1n) is 30.1. The molecular formula is C70H52Cl5F4N19O4. The predicted molar refractivity (Wildman–Crippen MR) is 378 cm³/mol. The second kappa shape index (κ2) is 34.2. The molecule has 0 aliphatic carbocycles. The average molecular weight is 1480 g/mol. The van der Waals surface area contributed by atoms with Crippen LogP contribution in [0.3, 0.4) is 0 Å². The molecule has 23 nitrogen and oxygen atoms in total. The van der Waals surface area contributed by atoms with Crippen molar-refractivity contribution in [3.8, 4) is 11.1 Å². The Morgan fingerprint density at radius 1 is 0.422 bits per heavy atom. The van der Waals surface area contributed by atoms with Crippen LogP contribution < -0.4 is 21.3 Å². The fraction of sp³-hybridized carbons (Fsp3) is 0.0857. The predicted octanol–water partition coefficient (Wildman–Crippen LogP) is 15.4. The Morgan fingerprint density at radius 3 is 1.15 bits per heavy atom. The number of benzene rings is 8. The lowest BCUT2D eigenvalue weighted by atomic mass is 10.1. The number of halogens is 9. The summed E-state index contributed by atoms with van der Waals surface area (Å²) in [5, 5.41) is 29.6. The summed E-state index contributed by atoms with van der Waals surface area (Å²) in [5.41, 5.74) is 5.96. The minimum absolute atomic E-state index is 0.00408. The van der Waals surface area contributed by atoms with Gasteiger partial charge in [-0.05, 0) is 88.8 Å². The summed E-state index contributed by atoms with van der Waals surface area (Å²) >= 11 is 28.9. The number of aryl methyl sites for hydroxylation is 2. The number of nitrogens with one attached hydrogen (secondary N) is 4. The minimum atomic E-state index is -0.814. The van der Waals surface area contributed by atoms with Gasteiger partial charge in [-0.25, -0.2) is 61.1 Å². The fourth-order valence-electron chi connectivity index (χ4n) is 9.28. The molecule has 4 amide bonds. The Kier molecular flexibility index (Phi) is 24.4. The maximum Gasteiger partial charge on any atom is 0.295 e. The Hall–Kier alpha value is -11.9. The fourth-order valence-corrected chi connectivity index (χ4v) is 10.3. The molecule has 8 aromatic carbocycles. The van der Waals surface area contributed by atoms with E-state index in [1.165, 1.54) is 83.2 Å². The first kappa shape index (κ1) is 72.8. The smallest absolute Gasteiger partial charge is 0.295 e. The van der Waals surface area contributed by atoms with E-state index in [2.05, 4.69) is 71.5 Å². The number of carbonyl (C=O) groups is 4. The standard InChI is InChI=1S/C20H16ClFN6O.C17H11ClFN5O.C17H14ClFN4O.C16H11Cl2FN4O/c1-27-11-15(9-24-27)14-7-16(21)18(22)17(8-14)25-20(29)19-23-12-28(26-19)10-13-5-3-2-4-6-13;1-20-12-7-13(18)15(19)14(8-12)22-17(25)16-21-10-24(23-16)9-11-5-3-2-4-6-11;1-11-7-13(18)15(19)14(8-11)21-17(24)16-20-10-23(22-16)9-12-5-3-2-4-6-12;17-11-6-7-12(14(19)13(11)18)21-16(24)15-20-9-23(22-15)8-10-4-2-1-3-5-10/h2-9,11-12H,10H2,1H3,(H,25,29);2-8,10H,9H2,(H,22,25);2-8,10H,9H2,1H3,(H,21,24);1-7,9H,8H2,(H,21,24). The van der Waals surface area contributed by atoms with E-state index in [4.69, 9.17) is 64.6 Å². The SMILES string of the molecule is Cc1cc(Cl)c(F)c(NC(=O)c2ncn(Cc3ccccc3)n2)c1.Cn1cc(-c2cc(Cl)c(F)c(NC(=O)c3ncn(Cc4ccccc4)n3)c2)cn1.O=C(Nc1ccc(Cl)c(Cl)c1F)c1ncn(Cc2ccccc2)n1.[C-]#[N+]c1cc(Cl)c(F)c(NC(=O)c2ncn(Cc3ccccc3)n2)c1. The zero-order valence-electron chi connectivity index (χ0n) is 53.2. The molecule has 0 fully saturated rings. The number of anilines is 4. The van der Waals surface area contributed by atoms with Crippen molar-refractivity contribution in [1.82, 2.24) is 68.8 Å². The molecule has 13 rings (SSSR count). The summed E-state index contributed by atoms with van der Waals surface area (Å²) in [6.07, 6.45) is 9.16. The van der Waals surface area contributed by atoms with Gasteiger partial charge >= 0.3 is 0 Å². The molecule has 5 aromatic heterocycles. The highest BCUT2D eigenvalue weighted by molar-refractivity contribution is 6.42. The van der Waals surface area contributed by atoms with Crippen LogP contribution in [-0.4, -0.2) is 92.5 Å². The van der Waals surface area contributed by atoms with Gasteiger partial charge < -0.3 is 21.3 Å². The quantitative estimate of drug-likeness (QED) is 0.0376. The molecule has 0 aliphatic rings. The number of rotatable bonds is 17. The van der Waals surface area contributed by atoms with Gasteiger partial charge in [-0.1, -0.05) is 179 Å². The largest absolute Gasteiger partial charge is 0.318 e. The molecule has 0 unspecified atom stereocenters. The molecule has 102 heavy (non-hydrogen) atoms.